The van der Waals surface area contributed by atoms with Crippen molar-refractivity contribution in [3.8, 4) is 5.75 Å². The van der Waals surface area contributed by atoms with Crippen molar-refractivity contribution in [2.45, 2.75) is 71.6 Å². The Hall–Kier alpha value is -3.29. The molecule has 0 fully saturated rings. The fourth-order valence-corrected chi connectivity index (χ4v) is 3.45. The predicted octanol–water partition coefficient (Wildman–Crippen LogP) is 8.28. The number of rotatable bonds is 12. The van der Waals surface area contributed by atoms with Gasteiger partial charge in [0.25, 0.3) is 0 Å². The van der Waals surface area contributed by atoms with Crippen LogP contribution in [0.1, 0.15) is 64.0 Å². The minimum absolute atomic E-state index is 0.0589. The van der Waals surface area contributed by atoms with E-state index in [2.05, 4.69) is 27.5 Å². The number of alkyl halides is 3. The highest BCUT2D eigenvalue weighted by Gasteiger charge is 2.35. The van der Waals surface area contributed by atoms with Crippen LogP contribution < -0.4 is 15.4 Å². The van der Waals surface area contributed by atoms with Gasteiger partial charge >= 0.3 is 6.18 Å². The Morgan fingerprint density at radius 3 is 2.17 bits per heavy atom. The first-order chi connectivity index (χ1) is 16.8. The highest BCUT2D eigenvalue weighted by Crippen LogP contribution is 2.35. The third-order valence-electron chi connectivity index (χ3n) is 5.65. The van der Waals surface area contributed by atoms with Crippen LogP contribution >= 0.6 is 0 Å². The molecule has 0 radical (unpaired) electrons. The molecule has 1 atom stereocenters. The fourth-order valence-electron chi connectivity index (χ4n) is 3.45. The maximum atomic E-state index is 13.6. The van der Waals surface area contributed by atoms with Gasteiger partial charge in [-0.15, -0.1) is 0 Å². The zero-order valence-electron chi connectivity index (χ0n) is 20.5. The van der Waals surface area contributed by atoms with Crippen molar-refractivity contribution >= 4 is 23.1 Å². The van der Waals surface area contributed by atoms with Crippen molar-refractivity contribution in [2.75, 3.05) is 10.6 Å². The molecule has 5 nitrogen and oxygen atoms in total. The molecule has 3 rings (SSSR count). The molecule has 1 heterocycles. The summed E-state index contributed by atoms with van der Waals surface area (Å²) in [5.41, 5.74) is 1.40. The smallest absolute Gasteiger partial charge is 0.421 e. The van der Waals surface area contributed by atoms with E-state index in [1.807, 2.05) is 26.0 Å². The van der Waals surface area contributed by atoms with Crippen molar-refractivity contribution in [1.82, 2.24) is 9.97 Å². The molecule has 0 aliphatic heterocycles. The van der Waals surface area contributed by atoms with Gasteiger partial charge < -0.3 is 15.4 Å². The van der Waals surface area contributed by atoms with Crippen molar-refractivity contribution in [3.63, 3.8) is 0 Å². The second kappa shape index (κ2) is 12.4. The molecule has 0 spiro atoms. The molecule has 0 bridgehead atoms. The molecule has 0 amide bonds. The molecule has 35 heavy (non-hydrogen) atoms. The van der Waals surface area contributed by atoms with Crippen LogP contribution in [-0.2, 0) is 12.6 Å². The van der Waals surface area contributed by atoms with Gasteiger partial charge in [0.1, 0.15) is 17.1 Å². The third kappa shape index (κ3) is 8.16. The van der Waals surface area contributed by atoms with Gasteiger partial charge in [0, 0.05) is 17.6 Å². The number of aryl methyl sites for hydroxylation is 1. The van der Waals surface area contributed by atoms with E-state index < -0.39 is 11.7 Å². The molecule has 0 saturated carbocycles. The van der Waals surface area contributed by atoms with E-state index in [0.29, 0.717) is 11.4 Å². The van der Waals surface area contributed by atoms with Crippen LogP contribution in [-0.4, -0.2) is 16.1 Å². The number of hydrogen-bond donors (Lipinski definition) is 2. The molecular weight excluding hydrogens is 453 g/mol. The summed E-state index contributed by atoms with van der Waals surface area (Å²) in [4.78, 5) is 8.00. The van der Waals surface area contributed by atoms with E-state index in [0.717, 1.165) is 36.8 Å². The van der Waals surface area contributed by atoms with Gasteiger partial charge in [-0.25, -0.2) is 4.98 Å². The highest BCUT2D eigenvalue weighted by molar-refractivity contribution is 5.63. The van der Waals surface area contributed by atoms with Crippen LogP contribution in [0, 0.1) is 0 Å². The molecule has 2 aromatic carbocycles. The summed E-state index contributed by atoms with van der Waals surface area (Å²) < 4.78 is 46.6. The first-order valence-corrected chi connectivity index (χ1v) is 12.1. The molecule has 188 valence electrons. The second-order valence-electron chi connectivity index (χ2n) is 8.57. The summed E-state index contributed by atoms with van der Waals surface area (Å²) in [5.74, 6) is 0.473. The maximum Gasteiger partial charge on any atom is 0.421 e. The number of hydrogen-bond acceptors (Lipinski definition) is 5. The van der Waals surface area contributed by atoms with Crippen LogP contribution in [0.4, 0.5) is 36.3 Å². The number of nitrogens with zero attached hydrogens (tertiary/aromatic N) is 2. The van der Waals surface area contributed by atoms with Crippen molar-refractivity contribution in [3.05, 3.63) is 65.9 Å². The molecule has 3 aromatic rings. The van der Waals surface area contributed by atoms with Gasteiger partial charge in [0.15, 0.2) is 0 Å². The lowest BCUT2D eigenvalue weighted by molar-refractivity contribution is -0.137. The van der Waals surface area contributed by atoms with Crippen molar-refractivity contribution < 1.29 is 17.9 Å². The Labute approximate surface area is 205 Å². The number of unbranched alkanes of at least 4 members (excludes halogenated alkanes) is 3. The standard InChI is InChI=1S/C27H33F3N4O/c1-4-6-7-8-9-20-10-12-21(13-11-20)32-25-24(27(28,29)30)18-31-26(34-25)33-22-14-16-23(17-15-22)35-19(3)5-2/h10-19H,4-9H2,1-3H3,(H2,31,32,33,34). The lowest BCUT2D eigenvalue weighted by atomic mass is 10.1. The van der Waals surface area contributed by atoms with Crippen LogP contribution in [0.25, 0.3) is 0 Å². The van der Waals surface area contributed by atoms with E-state index in [-0.39, 0.29) is 17.9 Å². The van der Waals surface area contributed by atoms with Crippen LogP contribution in [0.2, 0.25) is 0 Å². The SMILES string of the molecule is CCCCCCc1ccc(Nc2nc(Nc3ccc(OC(C)CC)cc3)ncc2C(F)(F)F)cc1. The predicted molar refractivity (Wildman–Crippen MR) is 135 cm³/mol. The molecule has 0 saturated heterocycles. The van der Waals surface area contributed by atoms with E-state index >= 15 is 0 Å². The Morgan fingerprint density at radius 1 is 0.886 bits per heavy atom. The van der Waals surface area contributed by atoms with E-state index in [1.165, 1.54) is 19.3 Å². The molecular formula is C27H33F3N4O. The number of halogens is 3. The van der Waals surface area contributed by atoms with Crippen molar-refractivity contribution in [1.29, 1.82) is 0 Å². The zero-order chi connectivity index (χ0) is 25.3. The summed E-state index contributed by atoms with van der Waals surface area (Å²) in [6, 6.07) is 14.6. The molecule has 8 heteroatoms. The van der Waals surface area contributed by atoms with E-state index in [9.17, 15) is 13.2 Å². The van der Waals surface area contributed by atoms with Gasteiger partial charge in [-0.1, -0.05) is 45.2 Å². The van der Waals surface area contributed by atoms with Crippen LogP contribution in [0.5, 0.6) is 5.75 Å². The third-order valence-corrected chi connectivity index (χ3v) is 5.65. The Balaban J connectivity index is 1.73. The summed E-state index contributed by atoms with van der Waals surface area (Å²) in [5, 5.41) is 5.78. The number of anilines is 4. The molecule has 2 N–H and O–H groups in total. The minimum atomic E-state index is -4.59. The lowest BCUT2D eigenvalue weighted by Gasteiger charge is -2.16. The first-order valence-electron chi connectivity index (χ1n) is 12.1. The topological polar surface area (TPSA) is 59.1 Å². The second-order valence-corrected chi connectivity index (χ2v) is 8.57. The summed E-state index contributed by atoms with van der Waals surface area (Å²) in [6.45, 7) is 6.19. The lowest BCUT2D eigenvalue weighted by Crippen LogP contribution is -2.12. The van der Waals surface area contributed by atoms with Crippen LogP contribution in [0.15, 0.2) is 54.7 Å². The Morgan fingerprint density at radius 2 is 1.54 bits per heavy atom. The Kier molecular flexibility index (Phi) is 9.34. The fraction of sp³-hybridized carbons (Fsp3) is 0.407. The normalized spacial score (nSPS) is 12.3. The quantitative estimate of drug-likeness (QED) is 0.252. The van der Waals surface area contributed by atoms with Gasteiger partial charge in [-0.2, -0.15) is 18.2 Å². The van der Waals surface area contributed by atoms with Crippen LogP contribution in [0.3, 0.4) is 0 Å². The van der Waals surface area contributed by atoms with Crippen molar-refractivity contribution in [2.24, 2.45) is 0 Å². The number of ether oxygens (including phenoxy) is 1. The number of benzene rings is 2. The van der Waals surface area contributed by atoms with E-state index in [4.69, 9.17) is 4.74 Å². The molecule has 0 aliphatic rings. The average Bonchev–Trinajstić information content (AvgIpc) is 2.83. The summed E-state index contributed by atoms with van der Waals surface area (Å²) in [6.07, 6.45) is 2.80. The first kappa shape index (κ1) is 26.3. The van der Waals surface area contributed by atoms with Gasteiger partial charge in [0.05, 0.1) is 6.10 Å². The largest absolute Gasteiger partial charge is 0.491 e. The van der Waals surface area contributed by atoms with E-state index in [1.54, 1.807) is 36.4 Å². The minimum Gasteiger partial charge on any atom is -0.491 e. The number of aromatic nitrogens is 2. The monoisotopic (exact) mass is 486 g/mol. The maximum absolute atomic E-state index is 13.6. The summed E-state index contributed by atoms with van der Waals surface area (Å²) >= 11 is 0. The van der Waals surface area contributed by atoms with Gasteiger partial charge in [0.2, 0.25) is 5.95 Å². The highest BCUT2D eigenvalue weighted by atomic mass is 19.4. The van der Waals surface area contributed by atoms with Gasteiger partial charge in [-0.05, 0) is 68.1 Å². The Bertz CT molecular complexity index is 1050. The zero-order valence-corrected chi connectivity index (χ0v) is 20.5. The average molecular weight is 487 g/mol. The molecule has 1 unspecified atom stereocenters. The molecule has 0 aliphatic carbocycles. The summed E-state index contributed by atoms with van der Waals surface area (Å²) in [7, 11) is 0. The number of nitrogens with one attached hydrogen (secondary N) is 2. The van der Waals surface area contributed by atoms with Gasteiger partial charge in [-0.3, -0.25) is 0 Å². The molecule has 1 aromatic heterocycles.